The van der Waals surface area contributed by atoms with Crippen LogP contribution in [0.5, 0.6) is 0 Å². The summed E-state index contributed by atoms with van der Waals surface area (Å²) in [5.41, 5.74) is 4.15. The van der Waals surface area contributed by atoms with Crippen molar-refractivity contribution in [2.24, 2.45) is 0 Å². The highest BCUT2D eigenvalue weighted by Gasteiger charge is 2.14. The van der Waals surface area contributed by atoms with Crippen molar-refractivity contribution in [1.29, 1.82) is 0 Å². The molecular weight excluding hydrogens is 388 g/mol. The predicted molar refractivity (Wildman–Crippen MR) is 110 cm³/mol. The molecule has 3 aromatic carbocycles. The third-order valence-electron chi connectivity index (χ3n) is 4.17. The van der Waals surface area contributed by atoms with Crippen molar-refractivity contribution in [3.05, 3.63) is 100 Å². The second-order valence-electron chi connectivity index (χ2n) is 6.15. The van der Waals surface area contributed by atoms with Crippen LogP contribution < -0.4 is 10.6 Å². The minimum absolute atomic E-state index is 0.0326. The molecule has 3 aromatic rings. The number of benzene rings is 3. The van der Waals surface area contributed by atoms with E-state index in [2.05, 4.69) is 50.8 Å². The molecule has 0 aromatic heterocycles. The lowest BCUT2D eigenvalue weighted by atomic mass is 9.99. The molecule has 0 radical (unpaired) electrons. The molecule has 26 heavy (non-hydrogen) atoms. The Labute approximate surface area is 162 Å². The third-order valence-corrected chi connectivity index (χ3v) is 5.06. The second kappa shape index (κ2) is 8.79. The number of anilines is 1. The smallest absolute Gasteiger partial charge is 0.238 e. The van der Waals surface area contributed by atoms with Crippen molar-refractivity contribution >= 4 is 27.5 Å². The van der Waals surface area contributed by atoms with E-state index >= 15 is 0 Å². The summed E-state index contributed by atoms with van der Waals surface area (Å²) >= 11 is 3.47. The maximum absolute atomic E-state index is 12.4. The van der Waals surface area contributed by atoms with E-state index in [1.165, 1.54) is 0 Å². The molecular formula is C22H21BrN2O. The number of hydrogen-bond donors (Lipinski definition) is 2. The van der Waals surface area contributed by atoms with Crippen molar-refractivity contribution in [2.75, 3.05) is 11.9 Å². The van der Waals surface area contributed by atoms with E-state index in [9.17, 15) is 4.79 Å². The lowest BCUT2D eigenvalue weighted by Crippen LogP contribution is -2.31. The lowest BCUT2D eigenvalue weighted by molar-refractivity contribution is -0.115. The Morgan fingerprint density at radius 2 is 1.50 bits per heavy atom. The average Bonchev–Trinajstić information content (AvgIpc) is 2.67. The Balaban J connectivity index is 1.69. The zero-order chi connectivity index (χ0) is 18.4. The van der Waals surface area contributed by atoms with Gasteiger partial charge in [-0.05, 0) is 41.8 Å². The molecule has 0 saturated heterocycles. The van der Waals surface area contributed by atoms with Crippen molar-refractivity contribution < 1.29 is 4.79 Å². The number of rotatable bonds is 6. The van der Waals surface area contributed by atoms with Crippen LogP contribution in [0.2, 0.25) is 0 Å². The number of carbonyl (C=O) groups is 1. The van der Waals surface area contributed by atoms with Crippen molar-refractivity contribution in [1.82, 2.24) is 5.32 Å². The molecule has 3 nitrogen and oxygen atoms in total. The summed E-state index contributed by atoms with van der Waals surface area (Å²) < 4.78 is 1.03. The molecule has 0 heterocycles. The van der Waals surface area contributed by atoms with Gasteiger partial charge in [-0.2, -0.15) is 0 Å². The van der Waals surface area contributed by atoms with E-state index in [1.54, 1.807) is 0 Å². The molecule has 2 N–H and O–H groups in total. The van der Waals surface area contributed by atoms with E-state index in [-0.39, 0.29) is 18.5 Å². The zero-order valence-electron chi connectivity index (χ0n) is 14.6. The summed E-state index contributed by atoms with van der Waals surface area (Å²) in [6.07, 6.45) is 0. The maximum atomic E-state index is 12.4. The summed E-state index contributed by atoms with van der Waals surface area (Å²) in [5.74, 6) is -0.0661. The summed E-state index contributed by atoms with van der Waals surface area (Å²) in [6, 6.07) is 26.1. The minimum Gasteiger partial charge on any atom is -0.325 e. The Hall–Kier alpha value is -2.43. The van der Waals surface area contributed by atoms with Gasteiger partial charge < -0.3 is 5.32 Å². The minimum atomic E-state index is -0.0661. The molecule has 3 rings (SSSR count). The fourth-order valence-electron chi connectivity index (χ4n) is 2.84. The molecule has 0 aliphatic heterocycles. The first kappa shape index (κ1) is 18.4. The Morgan fingerprint density at radius 3 is 2.04 bits per heavy atom. The lowest BCUT2D eigenvalue weighted by Gasteiger charge is -2.20. The van der Waals surface area contributed by atoms with Crippen LogP contribution in [0.3, 0.4) is 0 Å². The quantitative estimate of drug-likeness (QED) is 0.597. The molecule has 1 amide bonds. The summed E-state index contributed by atoms with van der Waals surface area (Å²) in [5, 5.41) is 6.32. The van der Waals surface area contributed by atoms with Crippen molar-refractivity contribution in [3.63, 3.8) is 0 Å². The Kier molecular flexibility index (Phi) is 6.21. The average molecular weight is 409 g/mol. The summed E-state index contributed by atoms with van der Waals surface area (Å²) in [4.78, 5) is 12.4. The Morgan fingerprint density at radius 1 is 0.923 bits per heavy atom. The van der Waals surface area contributed by atoms with Gasteiger partial charge in [-0.15, -0.1) is 0 Å². The first-order valence-electron chi connectivity index (χ1n) is 8.53. The van der Waals surface area contributed by atoms with Crippen molar-refractivity contribution in [3.8, 4) is 0 Å². The van der Waals surface area contributed by atoms with E-state index in [1.807, 2.05) is 61.5 Å². The fraction of sp³-hybridized carbons (Fsp3) is 0.136. The van der Waals surface area contributed by atoms with Crippen LogP contribution >= 0.6 is 15.9 Å². The summed E-state index contributed by atoms with van der Waals surface area (Å²) in [7, 11) is 0. The highest BCUT2D eigenvalue weighted by Crippen LogP contribution is 2.22. The van der Waals surface area contributed by atoms with Gasteiger partial charge in [-0.3, -0.25) is 10.1 Å². The van der Waals surface area contributed by atoms with E-state index in [0.717, 1.165) is 26.9 Å². The number of amides is 1. The number of halogens is 1. The van der Waals surface area contributed by atoms with Gasteiger partial charge in [-0.1, -0.05) is 76.6 Å². The summed E-state index contributed by atoms with van der Waals surface area (Å²) in [6.45, 7) is 2.22. The van der Waals surface area contributed by atoms with Gasteiger partial charge in [0.15, 0.2) is 0 Å². The number of hydrogen-bond acceptors (Lipinski definition) is 2. The number of nitrogens with one attached hydrogen (secondary N) is 2. The molecule has 132 valence electrons. The first-order chi connectivity index (χ1) is 12.6. The molecule has 4 heteroatoms. The van der Waals surface area contributed by atoms with Gasteiger partial charge in [0, 0.05) is 10.2 Å². The molecule has 0 fully saturated rings. The molecule has 0 saturated carbocycles. The van der Waals surface area contributed by atoms with Crippen LogP contribution in [-0.2, 0) is 4.79 Å². The van der Waals surface area contributed by atoms with Gasteiger partial charge in [0.1, 0.15) is 0 Å². The van der Waals surface area contributed by atoms with Crippen LogP contribution in [-0.4, -0.2) is 12.5 Å². The molecule has 0 aliphatic carbocycles. The molecule has 0 spiro atoms. The maximum Gasteiger partial charge on any atom is 0.238 e. The van der Waals surface area contributed by atoms with E-state index in [0.29, 0.717) is 0 Å². The van der Waals surface area contributed by atoms with Crippen LogP contribution in [0.4, 0.5) is 5.69 Å². The van der Waals surface area contributed by atoms with Gasteiger partial charge in [0.25, 0.3) is 0 Å². The SMILES string of the molecule is Cc1cc(NC(=O)CNC(c2ccccc2)c2ccccc2)ccc1Br. The normalized spacial score (nSPS) is 10.7. The highest BCUT2D eigenvalue weighted by atomic mass is 79.9. The number of carbonyl (C=O) groups excluding carboxylic acids is 1. The monoisotopic (exact) mass is 408 g/mol. The third kappa shape index (κ3) is 4.81. The van der Waals surface area contributed by atoms with Crippen LogP contribution in [0.15, 0.2) is 83.3 Å². The molecule has 0 aliphatic rings. The molecule has 0 unspecified atom stereocenters. The number of aryl methyl sites for hydroxylation is 1. The molecule has 0 atom stereocenters. The standard InChI is InChI=1S/C22H21BrN2O/c1-16-14-19(12-13-20(16)23)25-21(26)15-24-22(17-8-4-2-5-9-17)18-10-6-3-7-11-18/h2-14,22,24H,15H2,1H3,(H,25,26). The van der Waals surface area contributed by atoms with Crippen LogP contribution in [0.1, 0.15) is 22.7 Å². The van der Waals surface area contributed by atoms with Crippen LogP contribution in [0, 0.1) is 6.92 Å². The van der Waals surface area contributed by atoms with E-state index < -0.39 is 0 Å². The predicted octanol–water partition coefficient (Wildman–Crippen LogP) is 5.08. The van der Waals surface area contributed by atoms with Crippen LogP contribution in [0.25, 0.3) is 0 Å². The largest absolute Gasteiger partial charge is 0.325 e. The van der Waals surface area contributed by atoms with Crippen molar-refractivity contribution in [2.45, 2.75) is 13.0 Å². The topological polar surface area (TPSA) is 41.1 Å². The Bertz CT molecular complexity index is 826. The van der Waals surface area contributed by atoms with Gasteiger partial charge in [0.05, 0.1) is 12.6 Å². The molecule has 0 bridgehead atoms. The zero-order valence-corrected chi connectivity index (χ0v) is 16.2. The van der Waals surface area contributed by atoms with Gasteiger partial charge in [-0.25, -0.2) is 0 Å². The van der Waals surface area contributed by atoms with E-state index in [4.69, 9.17) is 0 Å². The van der Waals surface area contributed by atoms with Gasteiger partial charge >= 0.3 is 0 Å². The highest BCUT2D eigenvalue weighted by molar-refractivity contribution is 9.10. The van der Waals surface area contributed by atoms with Gasteiger partial charge in [0.2, 0.25) is 5.91 Å². The fourth-order valence-corrected chi connectivity index (χ4v) is 3.09. The first-order valence-corrected chi connectivity index (χ1v) is 9.32. The second-order valence-corrected chi connectivity index (χ2v) is 7.00.